The van der Waals surface area contributed by atoms with Crippen molar-refractivity contribution < 1.29 is 38.7 Å². The number of ether oxygens (including phenoxy) is 4. The molecule has 0 radical (unpaired) electrons. The van der Waals surface area contributed by atoms with E-state index in [1.165, 1.54) is 14.2 Å². The van der Waals surface area contributed by atoms with E-state index in [0.717, 1.165) is 0 Å². The molecule has 0 amide bonds. The van der Waals surface area contributed by atoms with Crippen molar-refractivity contribution in [2.45, 2.75) is 62.4 Å². The molecule has 8 nitrogen and oxygen atoms in total. The fourth-order valence-corrected chi connectivity index (χ4v) is 8.18. The highest BCUT2D eigenvalue weighted by Crippen LogP contribution is 2.78. The second-order valence-corrected chi connectivity index (χ2v) is 10.0. The molecular formula is C22H30O8. The number of rotatable bonds is 4. The molecule has 5 fully saturated rings. The molecule has 0 aromatic carbocycles. The molecule has 0 unspecified atom stereocenters. The molecule has 4 bridgehead atoms. The van der Waals surface area contributed by atoms with Gasteiger partial charge in [-0.1, -0.05) is 6.58 Å². The third kappa shape index (κ3) is 1.93. The highest BCUT2D eigenvalue weighted by atomic mass is 16.7. The summed E-state index contributed by atoms with van der Waals surface area (Å²) >= 11 is 0. The van der Waals surface area contributed by atoms with Gasteiger partial charge in [0, 0.05) is 24.4 Å². The maximum absolute atomic E-state index is 13.3. The molecule has 30 heavy (non-hydrogen) atoms. The molecule has 9 atom stereocenters. The van der Waals surface area contributed by atoms with Crippen molar-refractivity contribution >= 4 is 11.9 Å². The molecule has 0 aromatic heterocycles. The first kappa shape index (κ1) is 20.4. The first-order chi connectivity index (χ1) is 14.1. The molecule has 1 aliphatic heterocycles. The lowest BCUT2D eigenvalue weighted by molar-refractivity contribution is -0.186. The van der Waals surface area contributed by atoms with Crippen molar-refractivity contribution in [1.82, 2.24) is 0 Å². The first-order valence-electron chi connectivity index (χ1n) is 10.6. The SMILES string of the molecule is C=C1C[C@@]23[C@@H](C(=O)OC)[C@H]4[C@@]5(CC[C@H](OCOC)[C@@]4(C)C(=O)O5)[C@@H]2CC[C@]1(O)[C@H]3O. The maximum Gasteiger partial charge on any atom is 0.315 e. The number of carbonyl (C=O) groups is 2. The highest BCUT2D eigenvalue weighted by Gasteiger charge is 2.86. The Balaban J connectivity index is 1.71. The number of hydrogen-bond donors (Lipinski definition) is 2. The van der Waals surface area contributed by atoms with Gasteiger partial charge in [0.25, 0.3) is 0 Å². The lowest BCUT2D eigenvalue weighted by Gasteiger charge is -2.48. The van der Waals surface area contributed by atoms with E-state index < -0.39 is 52.0 Å². The van der Waals surface area contributed by atoms with Crippen LogP contribution in [0.2, 0.25) is 0 Å². The largest absolute Gasteiger partial charge is 0.469 e. The van der Waals surface area contributed by atoms with Crippen molar-refractivity contribution in [1.29, 1.82) is 0 Å². The molecule has 5 aliphatic rings. The molecule has 8 heteroatoms. The van der Waals surface area contributed by atoms with Gasteiger partial charge in [-0.2, -0.15) is 0 Å². The summed E-state index contributed by atoms with van der Waals surface area (Å²) in [5.74, 6) is -2.45. The lowest BCUT2D eigenvalue weighted by atomic mass is 9.58. The van der Waals surface area contributed by atoms with Crippen LogP contribution in [0, 0.1) is 28.6 Å². The number of fused-ring (bicyclic) bond motifs is 1. The van der Waals surface area contributed by atoms with Crippen LogP contribution in [0.5, 0.6) is 0 Å². The molecule has 1 heterocycles. The van der Waals surface area contributed by atoms with Crippen LogP contribution in [0.4, 0.5) is 0 Å². The van der Waals surface area contributed by atoms with Gasteiger partial charge in [0.15, 0.2) is 0 Å². The van der Waals surface area contributed by atoms with Gasteiger partial charge in [0.1, 0.15) is 18.0 Å². The van der Waals surface area contributed by atoms with Gasteiger partial charge >= 0.3 is 11.9 Å². The summed E-state index contributed by atoms with van der Waals surface area (Å²) < 4.78 is 22.4. The molecule has 1 saturated heterocycles. The van der Waals surface area contributed by atoms with Crippen molar-refractivity contribution in [3.8, 4) is 0 Å². The predicted octanol–water partition coefficient (Wildman–Crippen LogP) is 0.938. The smallest absolute Gasteiger partial charge is 0.315 e. The summed E-state index contributed by atoms with van der Waals surface area (Å²) in [5, 5.41) is 22.6. The number of aliphatic hydroxyl groups excluding tert-OH is 1. The van der Waals surface area contributed by atoms with Gasteiger partial charge in [-0.25, -0.2) is 0 Å². The van der Waals surface area contributed by atoms with Crippen molar-refractivity contribution in [2.75, 3.05) is 21.0 Å². The third-order valence-electron chi connectivity index (χ3n) is 9.26. The number of esters is 2. The van der Waals surface area contributed by atoms with Crippen LogP contribution < -0.4 is 0 Å². The number of hydrogen-bond acceptors (Lipinski definition) is 8. The van der Waals surface area contributed by atoms with Crippen LogP contribution in [0.15, 0.2) is 12.2 Å². The van der Waals surface area contributed by atoms with E-state index in [0.29, 0.717) is 37.7 Å². The number of aliphatic hydroxyl groups is 2. The summed E-state index contributed by atoms with van der Waals surface area (Å²) in [5.41, 5.74) is -3.82. The Morgan fingerprint density at radius 3 is 2.70 bits per heavy atom. The molecule has 0 aromatic rings. The quantitative estimate of drug-likeness (QED) is 0.391. The van der Waals surface area contributed by atoms with Gasteiger partial charge in [-0.3, -0.25) is 9.59 Å². The van der Waals surface area contributed by atoms with Gasteiger partial charge in [-0.05, 0) is 44.6 Å². The average molecular weight is 422 g/mol. The van der Waals surface area contributed by atoms with E-state index in [9.17, 15) is 19.8 Å². The van der Waals surface area contributed by atoms with E-state index in [4.69, 9.17) is 18.9 Å². The van der Waals surface area contributed by atoms with Crippen LogP contribution in [0.3, 0.4) is 0 Å². The van der Waals surface area contributed by atoms with E-state index >= 15 is 0 Å². The van der Waals surface area contributed by atoms with Gasteiger partial charge < -0.3 is 29.2 Å². The predicted molar refractivity (Wildman–Crippen MR) is 102 cm³/mol. The Morgan fingerprint density at radius 1 is 1.30 bits per heavy atom. The Hall–Kier alpha value is -1.48. The number of carbonyl (C=O) groups excluding carboxylic acids is 2. The minimum atomic E-state index is -1.43. The topological polar surface area (TPSA) is 112 Å². The van der Waals surface area contributed by atoms with Crippen LogP contribution in [-0.4, -0.2) is 66.6 Å². The van der Waals surface area contributed by atoms with Crippen LogP contribution in [-0.2, 0) is 28.5 Å². The van der Waals surface area contributed by atoms with Crippen molar-refractivity contribution in [2.24, 2.45) is 28.6 Å². The van der Waals surface area contributed by atoms with Gasteiger partial charge in [0.05, 0.1) is 30.7 Å². The third-order valence-corrected chi connectivity index (χ3v) is 9.26. The second kappa shape index (κ2) is 6.06. The normalized spacial score (nSPS) is 53.3. The zero-order valence-electron chi connectivity index (χ0n) is 17.7. The summed E-state index contributed by atoms with van der Waals surface area (Å²) in [7, 11) is 2.84. The van der Waals surface area contributed by atoms with E-state index in [1.54, 1.807) is 6.92 Å². The molecule has 1 spiro atoms. The molecule has 2 N–H and O–H groups in total. The summed E-state index contributed by atoms with van der Waals surface area (Å²) in [6.45, 7) is 5.88. The van der Waals surface area contributed by atoms with Crippen LogP contribution in [0.1, 0.15) is 39.0 Å². The summed E-state index contributed by atoms with van der Waals surface area (Å²) in [6, 6.07) is 0. The maximum atomic E-state index is 13.3. The van der Waals surface area contributed by atoms with E-state index in [1.807, 2.05) is 0 Å². The van der Waals surface area contributed by atoms with Crippen LogP contribution in [0.25, 0.3) is 0 Å². The summed E-state index contributed by atoms with van der Waals surface area (Å²) in [4.78, 5) is 26.5. The molecule has 166 valence electrons. The minimum Gasteiger partial charge on any atom is -0.469 e. The first-order valence-corrected chi connectivity index (χ1v) is 10.6. The monoisotopic (exact) mass is 422 g/mol. The van der Waals surface area contributed by atoms with Crippen molar-refractivity contribution in [3.63, 3.8) is 0 Å². The zero-order chi connectivity index (χ0) is 21.7. The zero-order valence-corrected chi connectivity index (χ0v) is 17.7. The molecule has 4 saturated carbocycles. The molecule has 4 aliphatic carbocycles. The fourth-order valence-electron chi connectivity index (χ4n) is 8.18. The van der Waals surface area contributed by atoms with Crippen molar-refractivity contribution in [3.05, 3.63) is 12.2 Å². The second-order valence-electron chi connectivity index (χ2n) is 10.0. The van der Waals surface area contributed by atoms with E-state index in [2.05, 4.69) is 6.58 Å². The van der Waals surface area contributed by atoms with Gasteiger partial charge in [0.2, 0.25) is 0 Å². The summed E-state index contributed by atoms with van der Waals surface area (Å²) in [6.07, 6.45) is 0.667. The molecular weight excluding hydrogens is 392 g/mol. The van der Waals surface area contributed by atoms with Gasteiger partial charge in [-0.15, -0.1) is 0 Å². The fraction of sp³-hybridized carbons (Fsp3) is 0.818. The standard InChI is InChI=1S/C22H30O8/c1-11-9-20-12(5-7-21(11,26)17(20)24)22-8-6-13(29-10-27-3)19(2,18(25)30-22)15(22)14(20)16(23)28-4/h12-15,17,24,26H,1,5-10H2,2-4H3/t12-,13+,14-,15-,17+,19-,20+,21-,22-/m1/s1. The highest BCUT2D eigenvalue weighted by molar-refractivity contribution is 5.86. The Morgan fingerprint density at radius 2 is 2.03 bits per heavy atom. The lowest BCUT2D eigenvalue weighted by Crippen LogP contribution is -2.57. The Bertz CT molecular complexity index is 826. The Labute approximate surface area is 175 Å². The van der Waals surface area contributed by atoms with E-state index in [-0.39, 0.29) is 18.7 Å². The number of methoxy groups -OCH3 is 2. The molecule has 5 rings (SSSR count). The average Bonchev–Trinajstić information content (AvgIpc) is 3.08. The van der Waals surface area contributed by atoms with Crippen LogP contribution >= 0.6 is 0 Å². The minimum absolute atomic E-state index is 0.0316. The Kier molecular flexibility index (Phi) is 4.12.